The Hall–Kier alpha value is -5.74. The van der Waals surface area contributed by atoms with Crippen molar-refractivity contribution in [1.82, 2.24) is 14.5 Å². The number of pyridine rings is 1. The van der Waals surface area contributed by atoms with Crippen molar-refractivity contribution >= 4 is 54.6 Å². The highest BCUT2D eigenvalue weighted by Crippen LogP contribution is 2.41. The van der Waals surface area contributed by atoms with Crippen LogP contribution in [0.2, 0.25) is 0 Å². The first-order chi connectivity index (χ1) is 20.8. The molecular weight excluding hydrogens is 514 g/mol. The van der Waals surface area contributed by atoms with E-state index in [1.165, 1.54) is 5.39 Å². The number of aromatic nitrogens is 3. The van der Waals surface area contributed by atoms with Gasteiger partial charge in [0.2, 0.25) is 0 Å². The first-order valence-electron chi connectivity index (χ1n) is 14.1. The van der Waals surface area contributed by atoms with E-state index in [9.17, 15) is 0 Å². The van der Waals surface area contributed by atoms with Gasteiger partial charge < -0.3 is 4.42 Å². The van der Waals surface area contributed by atoms with E-state index < -0.39 is 0 Å². The third kappa shape index (κ3) is 3.36. The van der Waals surface area contributed by atoms with Crippen molar-refractivity contribution in [3.05, 3.63) is 140 Å². The van der Waals surface area contributed by atoms with Crippen LogP contribution in [0.25, 0.3) is 83.0 Å². The molecule has 0 aliphatic carbocycles. The zero-order valence-corrected chi connectivity index (χ0v) is 22.5. The lowest BCUT2D eigenvalue weighted by molar-refractivity contribution is 0.669. The van der Waals surface area contributed by atoms with Crippen LogP contribution in [0.3, 0.4) is 0 Å². The maximum atomic E-state index is 6.28. The topological polar surface area (TPSA) is 43.9 Å². The molecule has 9 aromatic rings. The van der Waals surface area contributed by atoms with Gasteiger partial charge in [-0.15, -0.1) is 0 Å². The molecule has 6 aromatic carbocycles. The highest BCUT2D eigenvalue weighted by Gasteiger charge is 2.19. The smallest absolute Gasteiger partial charge is 0.145 e. The Kier molecular flexibility index (Phi) is 4.87. The molecule has 3 aromatic heterocycles. The predicted molar refractivity (Wildman–Crippen MR) is 172 cm³/mol. The molecule has 0 saturated heterocycles. The average molecular weight is 538 g/mol. The molecule has 4 heteroatoms. The standard InChI is InChI=1S/C38H23N3O/c1-2-13-26(14-3-1)41-32-19-8-7-18-31(32)40-38(41)25-12-10-11-24(23-25)37-29-21-22-34-36(28-16-5-9-20-33(28)42-34)35(29)27-15-4-6-17-30(27)39-37/h1-23H. The van der Waals surface area contributed by atoms with Gasteiger partial charge in [-0.05, 0) is 54.6 Å². The lowest BCUT2D eigenvalue weighted by Gasteiger charge is -2.13. The molecular formula is C38H23N3O. The second kappa shape index (κ2) is 8.88. The van der Waals surface area contributed by atoms with Gasteiger partial charge in [0.05, 0.1) is 22.2 Å². The molecule has 196 valence electrons. The lowest BCUT2D eigenvalue weighted by Crippen LogP contribution is -1.97. The number of rotatable bonds is 3. The summed E-state index contributed by atoms with van der Waals surface area (Å²) in [5.74, 6) is 0.901. The third-order valence-electron chi connectivity index (χ3n) is 8.17. The maximum Gasteiger partial charge on any atom is 0.145 e. The van der Waals surface area contributed by atoms with Crippen molar-refractivity contribution in [3.8, 4) is 28.3 Å². The average Bonchev–Trinajstić information content (AvgIpc) is 3.64. The monoisotopic (exact) mass is 537 g/mol. The van der Waals surface area contributed by atoms with Crippen molar-refractivity contribution in [3.63, 3.8) is 0 Å². The summed E-state index contributed by atoms with van der Waals surface area (Å²) in [6, 6.07) is 48.2. The molecule has 0 N–H and O–H groups in total. The van der Waals surface area contributed by atoms with Crippen LogP contribution in [0.5, 0.6) is 0 Å². The Morgan fingerprint density at radius 2 is 1.21 bits per heavy atom. The van der Waals surface area contributed by atoms with Gasteiger partial charge in [-0.2, -0.15) is 0 Å². The Morgan fingerprint density at radius 3 is 2.12 bits per heavy atom. The minimum atomic E-state index is 0.885. The van der Waals surface area contributed by atoms with E-state index in [1.54, 1.807) is 0 Å². The molecule has 4 nitrogen and oxygen atoms in total. The largest absolute Gasteiger partial charge is 0.456 e. The summed E-state index contributed by atoms with van der Waals surface area (Å²) >= 11 is 0. The maximum absolute atomic E-state index is 6.28. The van der Waals surface area contributed by atoms with E-state index >= 15 is 0 Å². The summed E-state index contributed by atoms with van der Waals surface area (Å²) in [6.45, 7) is 0. The lowest BCUT2D eigenvalue weighted by atomic mass is 9.95. The molecule has 42 heavy (non-hydrogen) atoms. The van der Waals surface area contributed by atoms with Gasteiger partial charge in [0, 0.05) is 43.7 Å². The SMILES string of the molecule is c1ccc(-n2c(-c3cccc(-c4nc5ccccc5c5c4ccc4oc6ccccc6c45)c3)nc3ccccc32)cc1. The predicted octanol–water partition coefficient (Wildman–Crippen LogP) is 9.96. The molecule has 0 spiro atoms. The molecule has 0 aliphatic heterocycles. The number of hydrogen-bond donors (Lipinski definition) is 0. The normalized spacial score (nSPS) is 11.8. The molecule has 0 unspecified atom stereocenters. The van der Waals surface area contributed by atoms with E-state index in [4.69, 9.17) is 14.4 Å². The van der Waals surface area contributed by atoms with Gasteiger partial charge in [-0.25, -0.2) is 9.97 Å². The van der Waals surface area contributed by atoms with E-state index in [2.05, 4.69) is 120 Å². The summed E-state index contributed by atoms with van der Waals surface area (Å²) in [5.41, 5.74) is 8.88. The van der Waals surface area contributed by atoms with Crippen LogP contribution in [-0.2, 0) is 0 Å². The number of hydrogen-bond acceptors (Lipinski definition) is 3. The van der Waals surface area contributed by atoms with Gasteiger partial charge in [-0.1, -0.05) is 84.9 Å². The van der Waals surface area contributed by atoms with Crippen molar-refractivity contribution < 1.29 is 4.42 Å². The molecule has 0 aliphatic rings. The molecule has 0 amide bonds. The number of fused-ring (bicyclic) bond motifs is 8. The number of para-hydroxylation sites is 5. The van der Waals surface area contributed by atoms with Gasteiger partial charge >= 0.3 is 0 Å². The van der Waals surface area contributed by atoms with Crippen molar-refractivity contribution in [1.29, 1.82) is 0 Å². The van der Waals surface area contributed by atoms with Crippen LogP contribution in [-0.4, -0.2) is 14.5 Å². The summed E-state index contributed by atoms with van der Waals surface area (Å²) in [6.07, 6.45) is 0. The number of nitrogens with zero attached hydrogens (tertiary/aromatic N) is 3. The molecule has 3 heterocycles. The van der Waals surface area contributed by atoms with Crippen molar-refractivity contribution in [2.45, 2.75) is 0 Å². The number of imidazole rings is 1. The number of benzene rings is 6. The molecule has 0 bridgehead atoms. The highest BCUT2D eigenvalue weighted by atomic mass is 16.3. The van der Waals surface area contributed by atoms with Gasteiger partial charge in [-0.3, -0.25) is 4.57 Å². The van der Waals surface area contributed by atoms with Crippen LogP contribution in [0.15, 0.2) is 144 Å². The van der Waals surface area contributed by atoms with Gasteiger partial charge in [0.15, 0.2) is 0 Å². The fourth-order valence-corrected chi connectivity index (χ4v) is 6.34. The molecule has 0 saturated carbocycles. The van der Waals surface area contributed by atoms with Crippen LogP contribution in [0.4, 0.5) is 0 Å². The number of furan rings is 1. The first-order valence-corrected chi connectivity index (χ1v) is 14.1. The zero-order valence-electron chi connectivity index (χ0n) is 22.5. The molecule has 0 fully saturated rings. The van der Waals surface area contributed by atoms with E-state index in [1.807, 2.05) is 24.3 Å². The Labute approximate surface area is 241 Å². The van der Waals surface area contributed by atoms with Gasteiger partial charge in [0.1, 0.15) is 17.0 Å². The molecule has 9 rings (SSSR count). The molecule has 0 radical (unpaired) electrons. The van der Waals surface area contributed by atoms with Crippen molar-refractivity contribution in [2.75, 3.05) is 0 Å². The van der Waals surface area contributed by atoms with Gasteiger partial charge in [0.25, 0.3) is 0 Å². The summed E-state index contributed by atoms with van der Waals surface area (Å²) in [7, 11) is 0. The summed E-state index contributed by atoms with van der Waals surface area (Å²) in [5, 5.41) is 5.63. The fourth-order valence-electron chi connectivity index (χ4n) is 6.34. The first kappa shape index (κ1) is 23.0. The minimum absolute atomic E-state index is 0.885. The fraction of sp³-hybridized carbons (Fsp3) is 0. The van der Waals surface area contributed by atoms with Crippen LogP contribution < -0.4 is 0 Å². The quantitative estimate of drug-likeness (QED) is 0.211. The Balaban J connectivity index is 1.34. The summed E-state index contributed by atoms with van der Waals surface area (Å²) < 4.78 is 8.52. The van der Waals surface area contributed by atoms with Crippen LogP contribution in [0, 0.1) is 0 Å². The van der Waals surface area contributed by atoms with Crippen LogP contribution in [0.1, 0.15) is 0 Å². The summed E-state index contributed by atoms with van der Waals surface area (Å²) in [4.78, 5) is 10.3. The molecule has 0 atom stereocenters. The highest BCUT2D eigenvalue weighted by molar-refractivity contribution is 6.28. The van der Waals surface area contributed by atoms with E-state index in [0.29, 0.717) is 0 Å². The van der Waals surface area contributed by atoms with E-state index in [-0.39, 0.29) is 0 Å². The minimum Gasteiger partial charge on any atom is -0.456 e. The second-order valence-electron chi connectivity index (χ2n) is 10.6. The Bertz CT molecular complexity index is 2470. The van der Waals surface area contributed by atoms with Crippen LogP contribution >= 0.6 is 0 Å². The van der Waals surface area contributed by atoms with E-state index in [0.717, 1.165) is 77.6 Å². The second-order valence-corrected chi connectivity index (χ2v) is 10.6. The van der Waals surface area contributed by atoms with Crippen molar-refractivity contribution in [2.24, 2.45) is 0 Å². The Morgan fingerprint density at radius 1 is 0.476 bits per heavy atom. The zero-order chi connectivity index (χ0) is 27.6. The third-order valence-corrected chi connectivity index (χ3v) is 8.17.